The number of aliphatic hydroxyl groups is 2. The summed E-state index contributed by atoms with van der Waals surface area (Å²) >= 11 is 5.64. The number of benzene rings is 1. The van der Waals surface area contributed by atoms with Gasteiger partial charge in [0.1, 0.15) is 0 Å². The summed E-state index contributed by atoms with van der Waals surface area (Å²) in [6.07, 6.45) is 0. The van der Waals surface area contributed by atoms with Gasteiger partial charge in [-0.15, -0.1) is 11.6 Å². The molecule has 3 N–H and O–H groups in total. The Labute approximate surface area is 105 Å². The van der Waals surface area contributed by atoms with E-state index in [-0.39, 0.29) is 19.1 Å². The van der Waals surface area contributed by atoms with E-state index in [0.717, 1.165) is 5.56 Å². The highest BCUT2D eigenvalue weighted by Crippen LogP contribution is 2.09. The third kappa shape index (κ3) is 3.70. The van der Waals surface area contributed by atoms with Crippen molar-refractivity contribution in [1.82, 2.24) is 5.32 Å². The zero-order valence-electron chi connectivity index (χ0n) is 9.61. The number of rotatable bonds is 5. The summed E-state index contributed by atoms with van der Waals surface area (Å²) < 4.78 is 0. The Kier molecular flexibility index (Phi) is 4.93. The quantitative estimate of drug-likeness (QED) is 0.687. The van der Waals surface area contributed by atoms with Crippen LogP contribution in [-0.4, -0.2) is 34.9 Å². The second-order valence-corrected chi connectivity index (χ2v) is 4.43. The molecule has 5 heteroatoms. The van der Waals surface area contributed by atoms with Crippen LogP contribution in [0.2, 0.25) is 0 Å². The van der Waals surface area contributed by atoms with Crippen LogP contribution in [0.3, 0.4) is 0 Å². The smallest absolute Gasteiger partial charge is 0.251 e. The van der Waals surface area contributed by atoms with E-state index >= 15 is 0 Å². The standard InChI is InChI=1S/C12H16ClNO3/c1-12(7-15,8-16)14-11(17)10-4-2-9(6-13)3-5-10/h2-5,15-16H,6-8H2,1H3,(H,14,17). The molecule has 0 saturated carbocycles. The van der Waals surface area contributed by atoms with Crippen LogP contribution >= 0.6 is 11.6 Å². The van der Waals surface area contributed by atoms with E-state index in [1.165, 1.54) is 0 Å². The fraction of sp³-hybridized carbons (Fsp3) is 0.417. The molecule has 0 unspecified atom stereocenters. The molecule has 4 nitrogen and oxygen atoms in total. The minimum Gasteiger partial charge on any atom is -0.394 e. The SMILES string of the molecule is CC(CO)(CO)NC(=O)c1ccc(CCl)cc1. The largest absolute Gasteiger partial charge is 0.394 e. The number of carbonyl (C=O) groups excluding carboxylic acids is 1. The van der Waals surface area contributed by atoms with Gasteiger partial charge >= 0.3 is 0 Å². The summed E-state index contributed by atoms with van der Waals surface area (Å²) in [7, 11) is 0. The molecule has 1 aromatic carbocycles. The van der Waals surface area contributed by atoms with E-state index in [1.807, 2.05) is 0 Å². The van der Waals surface area contributed by atoms with Crippen LogP contribution in [0, 0.1) is 0 Å². The average Bonchev–Trinajstić information content (AvgIpc) is 2.38. The van der Waals surface area contributed by atoms with Crippen LogP contribution < -0.4 is 5.32 Å². The molecule has 0 aliphatic carbocycles. The van der Waals surface area contributed by atoms with Gasteiger partial charge in [-0.3, -0.25) is 4.79 Å². The minimum absolute atomic E-state index is 0.324. The number of hydrogen-bond acceptors (Lipinski definition) is 3. The van der Waals surface area contributed by atoms with Gasteiger partial charge in [-0.1, -0.05) is 12.1 Å². The second-order valence-electron chi connectivity index (χ2n) is 4.16. The van der Waals surface area contributed by atoms with E-state index in [1.54, 1.807) is 31.2 Å². The number of hydrogen-bond donors (Lipinski definition) is 3. The first-order valence-corrected chi connectivity index (χ1v) is 5.77. The van der Waals surface area contributed by atoms with Gasteiger partial charge in [0.25, 0.3) is 5.91 Å². The van der Waals surface area contributed by atoms with Crippen LogP contribution in [0.4, 0.5) is 0 Å². The Morgan fingerprint density at radius 3 is 2.24 bits per heavy atom. The third-order valence-corrected chi connectivity index (χ3v) is 2.79. The van der Waals surface area contributed by atoms with E-state index in [0.29, 0.717) is 11.4 Å². The first-order chi connectivity index (χ1) is 8.04. The molecule has 0 aliphatic heterocycles. The molecule has 0 fully saturated rings. The van der Waals surface area contributed by atoms with E-state index < -0.39 is 5.54 Å². The number of nitrogens with one attached hydrogen (secondary N) is 1. The molecule has 0 spiro atoms. The molecular weight excluding hydrogens is 242 g/mol. The van der Waals surface area contributed by atoms with Gasteiger partial charge in [-0.25, -0.2) is 0 Å². The molecule has 0 saturated heterocycles. The number of halogens is 1. The maximum absolute atomic E-state index is 11.8. The third-order valence-electron chi connectivity index (χ3n) is 2.48. The Balaban J connectivity index is 2.75. The fourth-order valence-electron chi connectivity index (χ4n) is 1.22. The molecule has 0 atom stereocenters. The first kappa shape index (κ1) is 14.0. The van der Waals surface area contributed by atoms with Gasteiger partial charge in [0.15, 0.2) is 0 Å². The predicted octanol–water partition coefficient (Wildman–Crippen LogP) is 0.898. The Morgan fingerprint density at radius 2 is 1.82 bits per heavy atom. The summed E-state index contributed by atoms with van der Waals surface area (Å²) in [5, 5.41) is 20.7. The number of aliphatic hydroxyl groups excluding tert-OH is 2. The maximum atomic E-state index is 11.8. The number of carbonyl (C=O) groups is 1. The maximum Gasteiger partial charge on any atom is 0.251 e. The van der Waals surface area contributed by atoms with Crippen molar-refractivity contribution in [1.29, 1.82) is 0 Å². The first-order valence-electron chi connectivity index (χ1n) is 5.24. The van der Waals surface area contributed by atoms with Gasteiger partial charge < -0.3 is 15.5 Å². The highest BCUT2D eigenvalue weighted by atomic mass is 35.5. The van der Waals surface area contributed by atoms with Crippen molar-refractivity contribution in [2.75, 3.05) is 13.2 Å². The van der Waals surface area contributed by atoms with Gasteiger partial charge in [0.2, 0.25) is 0 Å². The summed E-state index contributed by atoms with van der Waals surface area (Å²) in [5.74, 6) is 0.0594. The van der Waals surface area contributed by atoms with Crippen molar-refractivity contribution < 1.29 is 15.0 Å². The number of amides is 1. The molecule has 0 aromatic heterocycles. The molecular formula is C12H16ClNO3. The molecule has 94 valence electrons. The van der Waals surface area contributed by atoms with Crippen molar-refractivity contribution in [3.8, 4) is 0 Å². The van der Waals surface area contributed by atoms with Gasteiger partial charge in [-0.2, -0.15) is 0 Å². The van der Waals surface area contributed by atoms with Crippen molar-refractivity contribution in [2.24, 2.45) is 0 Å². The van der Waals surface area contributed by atoms with E-state index in [4.69, 9.17) is 21.8 Å². The molecule has 0 radical (unpaired) electrons. The van der Waals surface area contributed by atoms with E-state index in [2.05, 4.69) is 5.32 Å². The summed E-state index contributed by atoms with van der Waals surface area (Å²) in [5.41, 5.74) is 0.379. The van der Waals surface area contributed by atoms with Crippen molar-refractivity contribution in [3.05, 3.63) is 35.4 Å². The van der Waals surface area contributed by atoms with Crippen LogP contribution in [0.25, 0.3) is 0 Å². The van der Waals surface area contributed by atoms with Gasteiger partial charge in [0.05, 0.1) is 18.8 Å². The predicted molar refractivity (Wildman–Crippen MR) is 66.0 cm³/mol. The van der Waals surface area contributed by atoms with Crippen LogP contribution in [0.1, 0.15) is 22.8 Å². The zero-order chi connectivity index (χ0) is 12.9. The van der Waals surface area contributed by atoms with Crippen molar-refractivity contribution in [3.63, 3.8) is 0 Å². The summed E-state index contributed by atoms with van der Waals surface area (Å²) in [6, 6.07) is 6.83. The molecule has 17 heavy (non-hydrogen) atoms. The summed E-state index contributed by atoms with van der Waals surface area (Å²) in [6.45, 7) is 0.919. The Bertz CT molecular complexity index is 374. The highest BCUT2D eigenvalue weighted by Gasteiger charge is 2.24. The lowest BCUT2D eigenvalue weighted by Crippen LogP contribution is -2.51. The van der Waals surface area contributed by atoms with Crippen LogP contribution in [0.15, 0.2) is 24.3 Å². The molecule has 1 aromatic rings. The molecule has 1 rings (SSSR count). The van der Waals surface area contributed by atoms with Crippen molar-refractivity contribution in [2.45, 2.75) is 18.3 Å². The monoisotopic (exact) mass is 257 g/mol. The minimum atomic E-state index is -1.01. The Morgan fingerprint density at radius 1 is 1.29 bits per heavy atom. The Hall–Kier alpha value is -1.10. The summed E-state index contributed by atoms with van der Waals surface area (Å²) in [4.78, 5) is 11.8. The lowest BCUT2D eigenvalue weighted by molar-refractivity contribution is 0.0724. The second kappa shape index (κ2) is 6.00. The lowest BCUT2D eigenvalue weighted by Gasteiger charge is -2.26. The fourth-order valence-corrected chi connectivity index (χ4v) is 1.40. The molecule has 0 bridgehead atoms. The van der Waals surface area contributed by atoms with Crippen LogP contribution in [0.5, 0.6) is 0 Å². The number of alkyl halides is 1. The topological polar surface area (TPSA) is 69.6 Å². The van der Waals surface area contributed by atoms with Crippen molar-refractivity contribution >= 4 is 17.5 Å². The average molecular weight is 258 g/mol. The molecule has 1 amide bonds. The van der Waals surface area contributed by atoms with Crippen LogP contribution in [-0.2, 0) is 5.88 Å². The van der Waals surface area contributed by atoms with Gasteiger partial charge in [0, 0.05) is 11.4 Å². The lowest BCUT2D eigenvalue weighted by atomic mass is 10.0. The van der Waals surface area contributed by atoms with E-state index in [9.17, 15) is 4.79 Å². The normalized spacial score (nSPS) is 11.3. The molecule has 0 heterocycles. The van der Waals surface area contributed by atoms with Gasteiger partial charge in [-0.05, 0) is 24.6 Å². The zero-order valence-corrected chi connectivity index (χ0v) is 10.4. The molecule has 0 aliphatic rings. The highest BCUT2D eigenvalue weighted by molar-refractivity contribution is 6.17.